The number of fused-ring (bicyclic) bond motifs is 1. The molecule has 1 amide bonds. The van der Waals surface area contributed by atoms with Gasteiger partial charge in [-0.05, 0) is 18.6 Å². The molecule has 1 aliphatic heterocycles. The first-order chi connectivity index (χ1) is 7.77. The second-order valence-corrected chi connectivity index (χ2v) is 3.75. The molecule has 1 N–H and O–H groups in total. The molecule has 0 saturated carbocycles. The van der Waals surface area contributed by atoms with Gasteiger partial charge in [-0.25, -0.2) is 0 Å². The van der Waals surface area contributed by atoms with Gasteiger partial charge in [0.25, 0.3) is 5.91 Å². The lowest BCUT2D eigenvalue weighted by Gasteiger charge is -2.28. The van der Waals surface area contributed by atoms with Gasteiger partial charge in [0.05, 0.1) is 13.7 Å². The van der Waals surface area contributed by atoms with Crippen molar-refractivity contribution in [3.63, 3.8) is 0 Å². The Bertz CT molecular complexity index is 403. The molecular weight excluding hydrogens is 206 g/mol. The third-order valence-corrected chi connectivity index (χ3v) is 2.87. The average molecular weight is 221 g/mol. The minimum Gasteiger partial charge on any atom is -0.496 e. The quantitative estimate of drug-likeness (QED) is 0.816. The molecule has 1 heterocycles. The minimum absolute atomic E-state index is 0.00500. The fourth-order valence-electron chi connectivity index (χ4n) is 2.07. The van der Waals surface area contributed by atoms with E-state index in [1.54, 1.807) is 12.0 Å². The Balaban J connectivity index is 2.35. The van der Waals surface area contributed by atoms with Gasteiger partial charge in [0.2, 0.25) is 0 Å². The van der Waals surface area contributed by atoms with Gasteiger partial charge in [-0.15, -0.1) is 0 Å². The van der Waals surface area contributed by atoms with E-state index in [-0.39, 0.29) is 12.5 Å². The van der Waals surface area contributed by atoms with Crippen LogP contribution in [0.15, 0.2) is 18.2 Å². The summed E-state index contributed by atoms with van der Waals surface area (Å²) in [5.74, 6) is 0.753. The molecule has 1 aromatic carbocycles. The molecule has 1 aliphatic rings. The molecule has 2 rings (SSSR count). The lowest BCUT2D eigenvalue weighted by Crippen LogP contribution is -2.39. The maximum absolute atomic E-state index is 12.0. The topological polar surface area (TPSA) is 49.8 Å². The molecule has 0 atom stereocenters. The van der Waals surface area contributed by atoms with E-state index in [0.717, 1.165) is 17.7 Å². The second kappa shape index (κ2) is 4.53. The minimum atomic E-state index is -0.0193. The highest BCUT2D eigenvalue weighted by Gasteiger charge is 2.25. The number of benzene rings is 1. The number of amides is 1. The molecular formula is C12H15NO3. The number of carbonyl (C=O) groups is 1. The summed E-state index contributed by atoms with van der Waals surface area (Å²) in [4.78, 5) is 13.7. The molecule has 0 unspecified atom stereocenters. The van der Waals surface area contributed by atoms with Crippen molar-refractivity contribution in [3.8, 4) is 5.75 Å². The molecule has 86 valence electrons. The van der Waals surface area contributed by atoms with Crippen LogP contribution >= 0.6 is 0 Å². The van der Waals surface area contributed by atoms with Gasteiger partial charge in [-0.3, -0.25) is 4.79 Å². The third kappa shape index (κ3) is 1.76. The number of methoxy groups -OCH3 is 1. The number of nitrogens with zero attached hydrogens (tertiary/aromatic N) is 1. The predicted molar refractivity (Wildman–Crippen MR) is 59.7 cm³/mol. The van der Waals surface area contributed by atoms with Gasteiger partial charge in [-0.1, -0.05) is 6.07 Å². The molecule has 0 radical (unpaired) electrons. The summed E-state index contributed by atoms with van der Waals surface area (Å²) in [6, 6.07) is 5.50. The average Bonchev–Trinajstić information content (AvgIpc) is 2.32. The van der Waals surface area contributed by atoms with Crippen molar-refractivity contribution in [2.24, 2.45) is 0 Å². The zero-order valence-electron chi connectivity index (χ0n) is 9.27. The zero-order chi connectivity index (χ0) is 11.5. The summed E-state index contributed by atoms with van der Waals surface area (Å²) in [5, 5.41) is 8.87. The van der Waals surface area contributed by atoms with Gasteiger partial charge in [0.1, 0.15) is 5.75 Å². The van der Waals surface area contributed by atoms with Gasteiger partial charge in [0, 0.05) is 24.2 Å². The summed E-state index contributed by atoms with van der Waals surface area (Å²) in [6.45, 7) is 1.05. The van der Waals surface area contributed by atoms with Crippen LogP contribution < -0.4 is 4.74 Å². The van der Waals surface area contributed by atoms with Crippen molar-refractivity contribution in [1.29, 1.82) is 0 Å². The smallest absolute Gasteiger partial charge is 0.254 e. The van der Waals surface area contributed by atoms with Crippen LogP contribution in [0.5, 0.6) is 5.75 Å². The fourth-order valence-corrected chi connectivity index (χ4v) is 2.07. The van der Waals surface area contributed by atoms with Gasteiger partial charge >= 0.3 is 0 Å². The Kier molecular flexibility index (Phi) is 3.10. The largest absolute Gasteiger partial charge is 0.496 e. The molecule has 16 heavy (non-hydrogen) atoms. The van der Waals surface area contributed by atoms with Crippen molar-refractivity contribution in [3.05, 3.63) is 29.3 Å². The number of rotatable bonds is 3. The molecule has 4 nitrogen and oxygen atoms in total. The molecule has 0 aromatic heterocycles. The van der Waals surface area contributed by atoms with Crippen molar-refractivity contribution in [2.75, 3.05) is 26.8 Å². The Morgan fingerprint density at radius 1 is 1.50 bits per heavy atom. The van der Waals surface area contributed by atoms with E-state index >= 15 is 0 Å². The number of ether oxygens (including phenoxy) is 1. The van der Waals surface area contributed by atoms with Crippen LogP contribution in [0, 0.1) is 0 Å². The normalized spacial score (nSPS) is 14.9. The summed E-state index contributed by atoms with van der Waals surface area (Å²) >= 11 is 0. The van der Waals surface area contributed by atoms with Crippen LogP contribution in [0.3, 0.4) is 0 Å². The molecule has 0 spiro atoms. The monoisotopic (exact) mass is 221 g/mol. The maximum Gasteiger partial charge on any atom is 0.254 e. The lowest BCUT2D eigenvalue weighted by molar-refractivity contribution is 0.0704. The number of aliphatic hydroxyl groups is 1. The van der Waals surface area contributed by atoms with E-state index in [1.807, 2.05) is 18.2 Å². The first-order valence-corrected chi connectivity index (χ1v) is 5.34. The maximum atomic E-state index is 12.0. The van der Waals surface area contributed by atoms with Gasteiger partial charge in [0.15, 0.2) is 0 Å². The fraction of sp³-hybridized carbons (Fsp3) is 0.417. The molecule has 0 bridgehead atoms. The van der Waals surface area contributed by atoms with Gasteiger partial charge < -0.3 is 14.7 Å². The Morgan fingerprint density at radius 2 is 2.31 bits per heavy atom. The summed E-state index contributed by atoms with van der Waals surface area (Å²) in [6.07, 6.45) is 0.783. The first-order valence-electron chi connectivity index (χ1n) is 5.34. The van der Waals surface area contributed by atoms with E-state index in [1.165, 1.54) is 0 Å². The van der Waals surface area contributed by atoms with Crippen LogP contribution in [0.2, 0.25) is 0 Å². The second-order valence-electron chi connectivity index (χ2n) is 3.75. The SMILES string of the molecule is COc1cccc2c1CCN(CCO)C2=O. The van der Waals surface area contributed by atoms with E-state index in [9.17, 15) is 4.79 Å². The summed E-state index contributed by atoms with van der Waals surface area (Å²) < 4.78 is 5.24. The lowest BCUT2D eigenvalue weighted by atomic mass is 9.98. The highest BCUT2D eigenvalue weighted by atomic mass is 16.5. The van der Waals surface area contributed by atoms with Crippen molar-refractivity contribution < 1.29 is 14.6 Å². The Hall–Kier alpha value is -1.55. The zero-order valence-corrected chi connectivity index (χ0v) is 9.27. The molecule has 1 aromatic rings. The number of carbonyl (C=O) groups excluding carboxylic acids is 1. The molecule has 4 heteroatoms. The number of β-amino-alcohol motifs (C(OH)–C–C–N with tert-alkyl or cyclic N) is 1. The van der Waals surface area contributed by atoms with Crippen LogP contribution in [-0.2, 0) is 6.42 Å². The van der Waals surface area contributed by atoms with E-state index < -0.39 is 0 Å². The van der Waals surface area contributed by atoms with Crippen LogP contribution in [0.25, 0.3) is 0 Å². The standard InChI is InChI=1S/C12H15NO3/c1-16-11-4-2-3-10-9(11)5-6-13(7-8-14)12(10)15/h2-4,14H,5-8H2,1H3. The van der Waals surface area contributed by atoms with E-state index in [4.69, 9.17) is 9.84 Å². The predicted octanol–water partition coefficient (Wildman–Crippen LogP) is 0.686. The molecule has 0 saturated heterocycles. The number of aliphatic hydroxyl groups excluding tert-OH is 1. The van der Waals surface area contributed by atoms with Crippen LogP contribution in [0.1, 0.15) is 15.9 Å². The van der Waals surface area contributed by atoms with E-state index in [0.29, 0.717) is 18.7 Å². The van der Waals surface area contributed by atoms with Crippen LogP contribution in [0.4, 0.5) is 0 Å². The number of hydrogen-bond acceptors (Lipinski definition) is 3. The van der Waals surface area contributed by atoms with Crippen molar-refractivity contribution >= 4 is 5.91 Å². The van der Waals surface area contributed by atoms with Gasteiger partial charge in [-0.2, -0.15) is 0 Å². The number of hydrogen-bond donors (Lipinski definition) is 1. The highest BCUT2D eigenvalue weighted by molar-refractivity contribution is 5.97. The van der Waals surface area contributed by atoms with Crippen molar-refractivity contribution in [2.45, 2.75) is 6.42 Å². The molecule has 0 fully saturated rings. The summed E-state index contributed by atoms with van der Waals surface area (Å²) in [7, 11) is 1.61. The molecule has 0 aliphatic carbocycles. The van der Waals surface area contributed by atoms with Crippen LogP contribution in [-0.4, -0.2) is 42.7 Å². The Morgan fingerprint density at radius 3 is 3.00 bits per heavy atom. The third-order valence-electron chi connectivity index (χ3n) is 2.87. The van der Waals surface area contributed by atoms with Crippen molar-refractivity contribution in [1.82, 2.24) is 4.90 Å². The summed E-state index contributed by atoms with van der Waals surface area (Å²) in [5.41, 5.74) is 1.67. The first kappa shape index (κ1) is 11.0. The van der Waals surface area contributed by atoms with E-state index in [2.05, 4.69) is 0 Å². The Labute approximate surface area is 94.4 Å². The highest BCUT2D eigenvalue weighted by Crippen LogP contribution is 2.27.